The van der Waals surface area contributed by atoms with Crippen LogP contribution < -0.4 is 9.64 Å². The summed E-state index contributed by atoms with van der Waals surface area (Å²) in [5.74, 6) is -0.594. The second-order valence-corrected chi connectivity index (χ2v) is 7.91. The first-order chi connectivity index (χ1) is 14.1. The molecule has 0 spiro atoms. The van der Waals surface area contributed by atoms with E-state index in [2.05, 4.69) is 25.9 Å². The standard InChI is InChI=1S/C23H28N2O5/c1-6-25(15(2)26)21-12-9-17(13-19(21)23(3,4)5)20(24-29)14-30-18-10-7-16(8-11-18)22(27)28/h7-13,29H,6,14H2,1-5H3,(H,27,28). The summed E-state index contributed by atoms with van der Waals surface area (Å²) < 4.78 is 5.66. The molecule has 0 aliphatic rings. The molecule has 0 radical (unpaired) electrons. The quantitative estimate of drug-likeness (QED) is 0.401. The maximum absolute atomic E-state index is 12.1. The molecule has 0 aliphatic heterocycles. The summed E-state index contributed by atoms with van der Waals surface area (Å²) in [5, 5.41) is 21.9. The number of benzene rings is 2. The van der Waals surface area contributed by atoms with Gasteiger partial charge in [-0.25, -0.2) is 4.79 Å². The molecule has 0 saturated carbocycles. The lowest BCUT2D eigenvalue weighted by atomic mass is 9.84. The van der Waals surface area contributed by atoms with Gasteiger partial charge in [0.05, 0.1) is 5.56 Å². The van der Waals surface area contributed by atoms with Crippen LogP contribution in [0.1, 0.15) is 56.1 Å². The maximum Gasteiger partial charge on any atom is 0.335 e. The van der Waals surface area contributed by atoms with Crippen LogP contribution in [0.2, 0.25) is 0 Å². The van der Waals surface area contributed by atoms with Gasteiger partial charge >= 0.3 is 5.97 Å². The summed E-state index contributed by atoms with van der Waals surface area (Å²) in [5.41, 5.74) is 2.68. The van der Waals surface area contributed by atoms with E-state index in [1.54, 1.807) is 23.1 Å². The smallest absolute Gasteiger partial charge is 0.335 e. The van der Waals surface area contributed by atoms with Gasteiger partial charge in [-0.1, -0.05) is 32.0 Å². The summed E-state index contributed by atoms with van der Waals surface area (Å²) in [4.78, 5) is 24.7. The number of rotatable bonds is 7. The molecule has 7 heteroatoms. The van der Waals surface area contributed by atoms with Gasteiger partial charge < -0.3 is 20.0 Å². The predicted octanol–water partition coefficient (Wildman–Crippen LogP) is 4.31. The van der Waals surface area contributed by atoms with E-state index in [-0.39, 0.29) is 23.5 Å². The van der Waals surface area contributed by atoms with Crippen LogP contribution in [-0.4, -0.2) is 41.1 Å². The summed E-state index contributed by atoms with van der Waals surface area (Å²) in [7, 11) is 0. The molecular weight excluding hydrogens is 384 g/mol. The van der Waals surface area contributed by atoms with Crippen molar-refractivity contribution in [3.05, 3.63) is 59.2 Å². The molecule has 2 aromatic rings. The number of hydrogen-bond donors (Lipinski definition) is 2. The molecular formula is C23H28N2O5. The Morgan fingerprint density at radius 2 is 1.67 bits per heavy atom. The Labute approximate surface area is 176 Å². The van der Waals surface area contributed by atoms with Gasteiger partial charge in [-0.15, -0.1) is 0 Å². The number of ether oxygens (including phenoxy) is 1. The van der Waals surface area contributed by atoms with Gasteiger partial charge in [0.2, 0.25) is 5.91 Å². The number of carbonyl (C=O) groups excluding carboxylic acids is 1. The average Bonchev–Trinajstić information content (AvgIpc) is 2.69. The van der Waals surface area contributed by atoms with Crippen LogP contribution in [0.15, 0.2) is 47.6 Å². The molecule has 0 saturated heterocycles. The first-order valence-corrected chi connectivity index (χ1v) is 9.68. The zero-order valence-electron chi connectivity index (χ0n) is 18.0. The Bertz CT molecular complexity index is 943. The minimum atomic E-state index is -1.01. The molecule has 7 nitrogen and oxygen atoms in total. The first-order valence-electron chi connectivity index (χ1n) is 9.68. The number of aromatic carboxylic acids is 1. The number of oxime groups is 1. The van der Waals surface area contributed by atoms with Crippen molar-refractivity contribution in [2.45, 2.75) is 40.0 Å². The summed E-state index contributed by atoms with van der Waals surface area (Å²) in [6.07, 6.45) is 0. The molecule has 2 rings (SSSR count). The lowest BCUT2D eigenvalue weighted by Crippen LogP contribution is -2.31. The highest BCUT2D eigenvalue weighted by Gasteiger charge is 2.24. The fourth-order valence-electron chi connectivity index (χ4n) is 3.13. The monoisotopic (exact) mass is 412 g/mol. The van der Waals surface area contributed by atoms with E-state index >= 15 is 0 Å². The normalized spacial score (nSPS) is 11.8. The largest absolute Gasteiger partial charge is 0.487 e. The molecule has 0 heterocycles. The van der Waals surface area contributed by atoms with Crippen molar-refractivity contribution < 1.29 is 24.6 Å². The first kappa shape index (κ1) is 22.9. The number of carbonyl (C=O) groups is 2. The molecule has 0 unspecified atom stereocenters. The van der Waals surface area contributed by atoms with Crippen LogP contribution >= 0.6 is 0 Å². The van der Waals surface area contributed by atoms with Crippen LogP contribution in [0.25, 0.3) is 0 Å². The second kappa shape index (κ2) is 9.43. The Morgan fingerprint density at radius 3 is 2.13 bits per heavy atom. The van der Waals surface area contributed by atoms with E-state index in [0.717, 1.165) is 11.3 Å². The number of carboxylic acid groups (broad SMARTS) is 1. The Morgan fingerprint density at radius 1 is 1.07 bits per heavy atom. The SMILES string of the molecule is CCN(C(C)=O)c1ccc(C(COc2ccc(C(=O)O)cc2)=NO)cc1C(C)(C)C. The van der Waals surface area contributed by atoms with Crippen LogP contribution in [0.4, 0.5) is 5.69 Å². The number of hydrogen-bond acceptors (Lipinski definition) is 5. The number of anilines is 1. The van der Waals surface area contributed by atoms with E-state index in [4.69, 9.17) is 9.84 Å². The van der Waals surface area contributed by atoms with E-state index in [9.17, 15) is 14.8 Å². The van der Waals surface area contributed by atoms with Crippen LogP contribution in [0, 0.1) is 0 Å². The molecule has 0 aromatic heterocycles. The molecule has 0 fully saturated rings. The number of carboxylic acids is 1. The van der Waals surface area contributed by atoms with Crippen molar-refractivity contribution in [3.8, 4) is 5.75 Å². The van der Waals surface area contributed by atoms with Gasteiger partial charge in [0.15, 0.2) is 0 Å². The topological polar surface area (TPSA) is 99.4 Å². The molecule has 0 aliphatic carbocycles. The van der Waals surface area contributed by atoms with Gasteiger partial charge in [0.25, 0.3) is 0 Å². The highest BCUT2D eigenvalue weighted by Crippen LogP contribution is 2.33. The molecule has 30 heavy (non-hydrogen) atoms. The third-order valence-corrected chi connectivity index (χ3v) is 4.72. The van der Waals surface area contributed by atoms with Crippen molar-refractivity contribution in [3.63, 3.8) is 0 Å². The molecule has 2 N–H and O–H groups in total. The molecule has 160 valence electrons. The van der Waals surface area contributed by atoms with Gasteiger partial charge in [0.1, 0.15) is 18.1 Å². The third-order valence-electron chi connectivity index (χ3n) is 4.72. The van der Waals surface area contributed by atoms with Crippen molar-refractivity contribution in [2.24, 2.45) is 5.16 Å². The molecule has 0 bridgehead atoms. The Balaban J connectivity index is 2.31. The lowest BCUT2D eigenvalue weighted by Gasteiger charge is -2.29. The Hall–Kier alpha value is -3.35. The summed E-state index contributed by atoms with van der Waals surface area (Å²) in [6, 6.07) is 11.5. The highest BCUT2D eigenvalue weighted by atomic mass is 16.5. The van der Waals surface area contributed by atoms with E-state index in [0.29, 0.717) is 23.6 Å². The van der Waals surface area contributed by atoms with Gasteiger partial charge in [-0.05, 0) is 54.3 Å². The average molecular weight is 412 g/mol. The predicted molar refractivity (Wildman–Crippen MR) is 116 cm³/mol. The minimum absolute atomic E-state index is 0.00392. The van der Waals surface area contributed by atoms with Gasteiger partial charge in [-0.2, -0.15) is 0 Å². The van der Waals surface area contributed by atoms with Crippen molar-refractivity contribution in [1.29, 1.82) is 0 Å². The second-order valence-electron chi connectivity index (χ2n) is 7.91. The van der Waals surface area contributed by atoms with Gasteiger partial charge in [-0.3, -0.25) is 4.79 Å². The van der Waals surface area contributed by atoms with Crippen LogP contribution in [0.3, 0.4) is 0 Å². The van der Waals surface area contributed by atoms with Gasteiger partial charge in [0, 0.05) is 24.7 Å². The van der Waals surface area contributed by atoms with Crippen LogP contribution in [0.5, 0.6) is 5.75 Å². The summed E-state index contributed by atoms with van der Waals surface area (Å²) in [6.45, 7) is 10.2. The number of nitrogens with zero attached hydrogens (tertiary/aromatic N) is 2. The highest BCUT2D eigenvalue weighted by molar-refractivity contribution is 6.02. The maximum atomic E-state index is 12.1. The Kier molecular flexibility index (Phi) is 7.21. The van der Waals surface area contributed by atoms with Crippen molar-refractivity contribution in [1.82, 2.24) is 0 Å². The van der Waals surface area contributed by atoms with Crippen molar-refractivity contribution >= 4 is 23.3 Å². The van der Waals surface area contributed by atoms with Crippen LogP contribution in [-0.2, 0) is 10.2 Å². The van der Waals surface area contributed by atoms with E-state index < -0.39 is 5.97 Å². The zero-order chi connectivity index (χ0) is 22.5. The summed E-state index contributed by atoms with van der Waals surface area (Å²) >= 11 is 0. The fraction of sp³-hybridized carbons (Fsp3) is 0.348. The molecule has 2 aromatic carbocycles. The zero-order valence-corrected chi connectivity index (χ0v) is 18.0. The van der Waals surface area contributed by atoms with E-state index in [1.807, 2.05) is 19.1 Å². The lowest BCUT2D eigenvalue weighted by molar-refractivity contribution is -0.116. The fourth-order valence-corrected chi connectivity index (χ4v) is 3.13. The number of amides is 1. The molecule has 0 atom stereocenters. The molecule has 1 amide bonds. The van der Waals surface area contributed by atoms with E-state index in [1.165, 1.54) is 19.1 Å². The van der Waals surface area contributed by atoms with Crippen molar-refractivity contribution in [2.75, 3.05) is 18.1 Å². The third kappa shape index (κ3) is 5.37. The minimum Gasteiger partial charge on any atom is -0.487 e.